The molecule has 0 aliphatic heterocycles. The Morgan fingerprint density at radius 3 is 2.11 bits per heavy atom. The molecule has 0 saturated heterocycles. The molecule has 0 fully saturated rings. The van der Waals surface area contributed by atoms with E-state index in [-0.39, 0.29) is 12.2 Å². The lowest BCUT2D eigenvalue weighted by atomic mass is 10.1. The zero-order valence-corrected chi connectivity index (χ0v) is 11.8. The summed E-state index contributed by atoms with van der Waals surface area (Å²) in [6.07, 6.45) is -6.34. The second-order valence-electron chi connectivity index (χ2n) is 4.52. The summed E-state index contributed by atoms with van der Waals surface area (Å²) >= 11 is 5.96. The van der Waals surface area contributed by atoms with Crippen molar-refractivity contribution in [2.24, 2.45) is 5.73 Å². The van der Waals surface area contributed by atoms with E-state index in [0.29, 0.717) is 16.1 Å². The number of rotatable bonds is 4. The molecule has 2 nitrogen and oxygen atoms in total. The van der Waals surface area contributed by atoms with Gasteiger partial charge in [0.05, 0.1) is 6.04 Å². The maximum Gasteiger partial charge on any atom is 0.426 e. The summed E-state index contributed by atoms with van der Waals surface area (Å²) in [6.45, 7) is 5.01. The molecule has 1 rings (SSSR count). The molecule has 6 heteroatoms. The molecule has 0 amide bonds. The molecule has 2 N–H and O–H groups in total. The topological polar surface area (TPSA) is 35.2 Å². The molecule has 2 unspecified atom stereocenters. The molecule has 0 spiro atoms. The van der Waals surface area contributed by atoms with Gasteiger partial charge >= 0.3 is 6.18 Å². The molecule has 0 radical (unpaired) electrons. The van der Waals surface area contributed by atoms with Crippen LogP contribution in [0.15, 0.2) is 12.1 Å². The molecule has 0 bridgehead atoms. The van der Waals surface area contributed by atoms with Crippen LogP contribution >= 0.6 is 11.6 Å². The smallest absolute Gasteiger partial charge is 0.426 e. The van der Waals surface area contributed by atoms with Gasteiger partial charge in [0.1, 0.15) is 5.75 Å². The predicted octanol–water partition coefficient (Wildman–Crippen LogP) is 4.00. The Labute approximate surface area is 115 Å². The standard InChI is InChI=1S/C13H17ClF3NO/c1-4-10(18)12(13(15,16)17)19-9-5-7(2)11(14)8(3)6-9/h5-6,10,12H,4,18H2,1-3H3. The number of benzene rings is 1. The van der Waals surface area contributed by atoms with Crippen LogP contribution in [-0.4, -0.2) is 18.3 Å². The van der Waals surface area contributed by atoms with E-state index in [1.807, 2.05) is 0 Å². The Morgan fingerprint density at radius 1 is 1.26 bits per heavy atom. The van der Waals surface area contributed by atoms with Gasteiger partial charge in [-0.25, -0.2) is 0 Å². The van der Waals surface area contributed by atoms with Crippen molar-refractivity contribution in [3.8, 4) is 5.75 Å². The fourth-order valence-corrected chi connectivity index (χ4v) is 1.84. The van der Waals surface area contributed by atoms with Crippen molar-refractivity contribution in [3.05, 3.63) is 28.3 Å². The van der Waals surface area contributed by atoms with Crippen LogP contribution in [0.25, 0.3) is 0 Å². The average molecular weight is 296 g/mol. The lowest BCUT2D eigenvalue weighted by Gasteiger charge is -2.26. The van der Waals surface area contributed by atoms with Crippen LogP contribution in [0.3, 0.4) is 0 Å². The molecule has 0 aromatic heterocycles. The van der Waals surface area contributed by atoms with E-state index in [1.165, 1.54) is 12.1 Å². The Kier molecular flexibility index (Phi) is 5.10. The number of hydrogen-bond acceptors (Lipinski definition) is 2. The monoisotopic (exact) mass is 295 g/mol. The van der Waals surface area contributed by atoms with Crippen LogP contribution in [-0.2, 0) is 0 Å². The fourth-order valence-electron chi connectivity index (χ4n) is 1.73. The Morgan fingerprint density at radius 2 is 1.74 bits per heavy atom. The van der Waals surface area contributed by atoms with E-state index in [0.717, 1.165) is 0 Å². The van der Waals surface area contributed by atoms with Crippen LogP contribution in [0.1, 0.15) is 24.5 Å². The second-order valence-corrected chi connectivity index (χ2v) is 4.90. The number of alkyl halides is 3. The van der Waals surface area contributed by atoms with Crippen molar-refractivity contribution < 1.29 is 17.9 Å². The van der Waals surface area contributed by atoms with E-state index < -0.39 is 18.3 Å². The molecule has 0 aliphatic carbocycles. The number of halogens is 4. The molecule has 2 atom stereocenters. The number of nitrogens with two attached hydrogens (primary N) is 1. The molecule has 1 aromatic carbocycles. The van der Waals surface area contributed by atoms with E-state index in [2.05, 4.69) is 0 Å². The van der Waals surface area contributed by atoms with Crippen molar-refractivity contribution in [2.45, 2.75) is 45.5 Å². The van der Waals surface area contributed by atoms with E-state index in [4.69, 9.17) is 22.1 Å². The van der Waals surface area contributed by atoms with E-state index >= 15 is 0 Å². The van der Waals surface area contributed by atoms with Crippen LogP contribution in [0.2, 0.25) is 5.02 Å². The van der Waals surface area contributed by atoms with Crippen molar-refractivity contribution in [1.29, 1.82) is 0 Å². The summed E-state index contributed by atoms with van der Waals surface area (Å²) in [6, 6.07) is 1.86. The van der Waals surface area contributed by atoms with Gasteiger partial charge in [0.15, 0.2) is 0 Å². The highest BCUT2D eigenvalue weighted by molar-refractivity contribution is 6.32. The minimum Gasteiger partial charge on any atom is -0.479 e. The summed E-state index contributed by atoms with van der Waals surface area (Å²) in [4.78, 5) is 0. The van der Waals surface area contributed by atoms with Gasteiger partial charge < -0.3 is 10.5 Å². The Balaban J connectivity index is 3.04. The first-order valence-corrected chi connectivity index (χ1v) is 6.30. The third kappa shape index (κ3) is 4.01. The van der Waals surface area contributed by atoms with Gasteiger partial charge in [-0.05, 0) is 43.5 Å². The van der Waals surface area contributed by atoms with Crippen molar-refractivity contribution >= 4 is 11.6 Å². The molecular formula is C13H17ClF3NO. The quantitative estimate of drug-likeness (QED) is 0.911. The van der Waals surface area contributed by atoms with Crippen LogP contribution < -0.4 is 10.5 Å². The SMILES string of the molecule is CCC(N)C(Oc1cc(C)c(Cl)c(C)c1)C(F)(F)F. The molecule has 0 aliphatic rings. The van der Waals surface area contributed by atoms with Crippen LogP contribution in [0.5, 0.6) is 5.75 Å². The number of ether oxygens (including phenoxy) is 1. The summed E-state index contributed by atoms with van der Waals surface area (Å²) in [7, 11) is 0. The first kappa shape index (κ1) is 16.1. The van der Waals surface area contributed by atoms with Gasteiger partial charge in [-0.15, -0.1) is 0 Å². The zero-order chi connectivity index (χ0) is 14.8. The van der Waals surface area contributed by atoms with E-state index in [9.17, 15) is 13.2 Å². The second kappa shape index (κ2) is 6.01. The van der Waals surface area contributed by atoms with Crippen molar-refractivity contribution in [1.82, 2.24) is 0 Å². The fraction of sp³-hybridized carbons (Fsp3) is 0.538. The van der Waals surface area contributed by atoms with Gasteiger partial charge in [-0.2, -0.15) is 13.2 Å². The van der Waals surface area contributed by atoms with Crippen molar-refractivity contribution in [2.75, 3.05) is 0 Å². The first-order chi connectivity index (χ1) is 8.66. The highest BCUT2D eigenvalue weighted by atomic mass is 35.5. The molecular weight excluding hydrogens is 279 g/mol. The minimum atomic E-state index is -4.50. The average Bonchev–Trinajstić information content (AvgIpc) is 2.30. The maximum atomic E-state index is 12.9. The minimum absolute atomic E-state index is 0.130. The Hall–Kier alpha value is -0.940. The van der Waals surface area contributed by atoms with Gasteiger partial charge in [-0.3, -0.25) is 0 Å². The van der Waals surface area contributed by atoms with Crippen molar-refractivity contribution in [3.63, 3.8) is 0 Å². The molecule has 0 heterocycles. The molecule has 0 saturated carbocycles. The summed E-state index contributed by atoms with van der Waals surface area (Å²) in [5, 5.41) is 0.524. The zero-order valence-electron chi connectivity index (χ0n) is 11.0. The van der Waals surface area contributed by atoms with Gasteiger partial charge in [0.2, 0.25) is 6.10 Å². The van der Waals surface area contributed by atoms with Gasteiger partial charge in [-0.1, -0.05) is 18.5 Å². The van der Waals surface area contributed by atoms with Crippen LogP contribution in [0.4, 0.5) is 13.2 Å². The van der Waals surface area contributed by atoms with Gasteiger partial charge in [0.25, 0.3) is 0 Å². The molecule has 108 valence electrons. The normalized spacial score (nSPS) is 15.2. The third-order valence-electron chi connectivity index (χ3n) is 2.86. The largest absolute Gasteiger partial charge is 0.479 e. The maximum absolute atomic E-state index is 12.9. The van der Waals surface area contributed by atoms with E-state index in [1.54, 1.807) is 20.8 Å². The Bertz CT molecular complexity index is 425. The molecule has 19 heavy (non-hydrogen) atoms. The highest BCUT2D eigenvalue weighted by Crippen LogP contribution is 2.31. The summed E-state index contributed by atoms with van der Waals surface area (Å²) in [5.41, 5.74) is 6.82. The summed E-state index contributed by atoms with van der Waals surface area (Å²) < 4.78 is 43.7. The number of aryl methyl sites for hydroxylation is 2. The predicted molar refractivity (Wildman–Crippen MR) is 69.7 cm³/mol. The highest BCUT2D eigenvalue weighted by Gasteiger charge is 2.45. The lowest BCUT2D eigenvalue weighted by Crippen LogP contribution is -2.48. The first-order valence-electron chi connectivity index (χ1n) is 5.92. The summed E-state index contributed by atoms with van der Waals surface area (Å²) in [5.74, 6) is 0.130. The lowest BCUT2D eigenvalue weighted by molar-refractivity contribution is -0.200. The van der Waals surface area contributed by atoms with Crippen LogP contribution in [0, 0.1) is 13.8 Å². The number of hydrogen-bond donors (Lipinski definition) is 1. The third-order valence-corrected chi connectivity index (χ3v) is 3.45. The molecule has 1 aromatic rings. The van der Waals surface area contributed by atoms with Gasteiger partial charge in [0, 0.05) is 5.02 Å².